The first-order chi connectivity index (χ1) is 12.6. The molecule has 130 valence electrons. The summed E-state index contributed by atoms with van der Waals surface area (Å²) < 4.78 is 0. The van der Waals surface area contributed by atoms with Crippen LogP contribution in [0.5, 0.6) is 0 Å². The van der Waals surface area contributed by atoms with Gasteiger partial charge in [0.2, 0.25) is 5.91 Å². The molecular weight excluding hydrogens is 342 g/mol. The number of aromatic nitrogens is 2. The Morgan fingerprint density at radius 1 is 1.12 bits per heavy atom. The maximum absolute atomic E-state index is 12.9. The maximum atomic E-state index is 12.9. The second-order valence-electron chi connectivity index (χ2n) is 7.36. The van der Waals surface area contributed by atoms with E-state index in [2.05, 4.69) is 42.4 Å². The van der Waals surface area contributed by atoms with E-state index in [0.717, 1.165) is 40.4 Å². The molecule has 4 nitrogen and oxygen atoms in total. The zero-order chi connectivity index (χ0) is 17.9. The number of benzene rings is 1. The molecule has 3 aromatic rings. The average molecular weight is 361 g/mol. The molecule has 1 aromatic carbocycles. The molecule has 5 heteroatoms. The van der Waals surface area contributed by atoms with E-state index in [4.69, 9.17) is 4.98 Å². The van der Waals surface area contributed by atoms with E-state index in [0.29, 0.717) is 0 Å². The van der Waals surface area contributed by atoms with E-state index in [1.165, 1.54) is 5.56 Å². The summed E-state index contributed by atoms with van der Waals surface area (Å²) in [5.41, 5.74) is 5.14. The molecule has 1 amide bonds. The largest absolute Gasteiger partial charge is 0.309 e. The van der Waals surface area contributed by atoms with Crippen molar-refractivity contribution in [1.82, 2.24) is 9.97 Å². The molecule has 0 bridgehead atoms. The van der Waals surface area contributed by atoms with Gasteiger partial charge in [-0.05, 0) is 56.5 Å². The van der Waals surface area contributed by atoms with Crippen molar-refractivity contribution in [3.63, 3.8) is 0 Å². The summed E-state index contributed by atoms with van der Waals surface area (Å²) in [5.74, 6) is 0.274. The van der Waals surface area contributed by atoms with Crippen molar-refractivity contribution in [3.05, 3.63) is 53.7 Å². The number of carbonyl (C=O) groups is 1. The molecule has 1 spiro atoms. The zero-order valence-corrected chi connectivity index (χ0v) is 15.6. The first kappa shape index (κ1) is 15.7. The number of anilines is 1. The van der Waals surface area contributed by atoms with Crippen molar-refractivity contribution in [2.45, 2.75) is 38.1 Å². The van der Waals surface area contributed by atoms with Crippen molar-refractivity contribution in [2.75, 3.05) is 4.90 Å². The Labute approximate surface area is 156 Å². The van der Waals surface area contributed by atoms with Gasteiger partial charge in [-0.3, -0.25) is 9.78 Å². The topological polar surface area (TPSA) is 46.1 Å². The fraction of sp³-hybridized carbons (Fsp3) is 0.286. The lowest BCUT2D eigenvalue weighted by atomic mass is 9.95. The van der Waals surface area contributed by atoms with Gasteiger partial charge >= 0.3 is 0 Å². The van der Waals surface area contributed by atoms with Gasteiger partial charge in [0.15, 0.2) is 0 Å². The molecule has 0 saturated heterocycles. The quantitative estimate of drug-likeness (QED) is 0.682. The molecule has 0 N–H and O–H groups in total. The Hall–Kier alpha value is -2.53. The van der Waals surface area contributed by atoms with Gasteiger partial charge < -0.3 is 4.90 Å². The molecular formula is C21H19N3OS. The fourth-order valence-electron chi connectivity index (χ4n) is 3.90. The average Bonchev–Trinajstić information content (AvgIpc) is 3.24. The number of nitrogens with zero attached hydrogens (tertiary/aromatic N) is 3. The second-order valence-corrected chi connectivity index (χ2v) is 8.21. The van der Waals surface area contributed by atoms with Gasteiger partial charge in [-0.2, -0.15) is 0 Å². The highest BCUT2D eigenvalue weighted by Crippen LogP contribution is 2.58. The molecule has 2 aliphatic rings. The lowest BCUT2D eigenvalue weighted by Crippen LogP contribution is -2.37. The molecule has 1 saturated carbocycles. The predicted octanol–water partition coefficient (Wildman–Crippen LogP) is 4.66. The van der Waals surface area contributed by atoms with Crippen LogP contribution in [0, 0.1) is 0 Å². The van der Waals surface area contributed by atoms with Crippen LogP contribution in [0.25, 0.3) is 21.8 Å². The van der Waals surface area contributed by atoms with Gasteiger partial charge in [-0.1, -0.05) is 6.07 Å². The number of pyridine rings is 1. The summed E-state index contributed by atoms with van der Waals surface area (Å²) in [6.45, 7) is 4.16. The molecule has 1 fully saturated rings. The van der Waals surface area contributed by atoms with E-state index >= 15 is 0 Å². The monoisotopic (exact) mass is 361 g/mol. The fourth-order valence-corrected chi connectivity index (χ4v) is 4.73. The zero-order valence-electron chi connectivity index (χ0n) is 14.8. The van der Waals surface area contributed by atoms with Crippen molar-refractivity contribution < 1.29 is 4.79 Å². The standard InChI is InChI=1S/C21H19N3OS/c1-13(2)24-18-4-3-15(11-16(18)21(7-8-21)20(24)25)17-12-26-19(23-17)14-5-9-22-10-6-14/h3-6,9-13H,7-8H2,1-2H3. The molecule has 26 heavy (non-hydrogen) atoms. The molecule has 3 heterocycles. The van der Waals surface area contributed by atoms with Gasteiger partial charge in [0.05, 0.1) is 11.1 Å². The Morgan fingerprint density at radius 3 is 2.58 bits per heavy atom. The number of hydrogen-bond acceptors (Lipinski definition) is 4. The van der Waals surface area contributed by atoms with Gasteiger partial charge in [-0.15, -0.1) is 11.3 Å². The molecule has 0 unspecified atom stereocenters. The first-order valence-corrected chi connectivity index (χ1v) is 9.83. The highest BCUT2D eigenvalue weighted by Gasteiger charge is 2.59. The molecule has 1 aliphatic heterocycles. The lowest BCUT2D eigenvalue weighted by molar-refractivity contribution is -0.120. The van der Waals surface area contributed by atoms with Crippen LogP contribution in [0.4, 0.5) is 5.69 Å². The number of carbonyl (C=O) groups excluding carboxylic acids is 1. The summed E-state index contributed by atoms with van der Waals surface area (Å²) in [5, 5.41) is 3.08. The lowest BCUT2D eigenvalue weighted by Gasteiger charge is -2.22. The minimum Gasteiger partial charge on any atom is -0.309 e. The van der Waals surface area contributed by atoms with E-state index in [9.17, 15) is 4.79 Å². The summed E-state index contributed by atoms with van der Waals surface area (Å²) in [4.78, 5) is 23.8. The summed E-state index contributed by atoms with van der Waals surface area (Å²) in [7, 11) is 0. The molecule has 1 aliphatic carbocycles. The second kappa shape index (κ2) is 5.48. The van der Waals surface area contributed by atoms with Crippen LogP contribution in [-0.2, 0) is 10.2 Å². The number of hydrogen-bond donors (Lipinski definition) is 0. The third kappa shape index (κ3) is 2.16. The molecule has 2 aromatic heterocycles. The van der Waals surface area contributed by atoms with Crippen LogP contribution in [-0.4, -0.2) is 21.9 Å². The van der Waals surface area contributed by atoms with Gasteiger partial charge in [0.25, 0.3) is 0 Å². The van der Waals surface area contributed by atoms with E-state index < -0.39 is 0 Å². The highest BCUT2D eigenvalue weighted by atomic mass is 32.1. The van der Waals surface area contributed by atoms with Crippen LogP contribution >= 0.6 is 11.3 Å². The van der Waals surface area contributed by atoms with E-state index in [-0.39, 0.29) is 17.4 Å². The van der Waals surface area contributed by atoms with Crippen molar-refractivity contribution in [1.29, 1.82) is 0 Å². The van der Waals surface area contributed by atoms with E-state index in [1.54, 1.807) is 23.7 Å². The van der Waals surface area contributed by atoms with Crippen molar-refractivity contribution in [2.24, 2.45) is 0 Å². The number of thiazole rings is 1. The Balaban J connectivity index is 1.57. The van der Waals surface area contributed by atoms with Gasteiger partial charge in [-0.25, -0.2) is 4.98 Å². The van der Waals surface area contributed by atoms with Gasteiger partial charge in [0, 0.05) is 40.6 Å². The minimum atomic E-state index is -0.264. The maximum Gasteiger partial charge on any atom is 0.237 e. The summed E-state index contributed by atoms with van der Waals surface area (Å²) >= 11 is 1.64. The predicted molar refractivity (Wildman–Crippen MR) is 104 cm³/mol. The molecule has 0 radical (unpaired) electrons. The number of fused-ring (bicyclic) bond motifs is 2. The number of rotatable bonds is 3. The van der Waals surface area contributed by atoms with Crippen molar-refractivity contribution in [3.8, 4) is 21.8 Å². The third-order valence-corrected chi connectivity index (χ3v) is 6.28. The Kier molecular flexibility index (Phi) is 3.31. The van der Waals surface area contributed by atoms with Crippen LogP contribution < -0.4 is 4.90 Å². The summed E-state index contributed by atoms with van der Waals surface area (Å²) in [6, 6.07) is 10.5. The SMILES string of the molecule is CC(C)N1C(=O)C2(CC2)c2cc(-c3csc(-c4ccncc4)n3)ccc21. The number of amides is 1. The normalized spacial score (nSPS) is 17.2. The minimum absolute atomic E-state index is 0.185. The first-order valence-electron chi connectivity index (χ1n) is 8.95. The highest BCUT2D eigenvalue weighted by molar-refractivity contribution is 7.13. The van der Waals surface area contributed by atoms with Gasteiger partial charge in [0.1, 0.15) is 5.01 Å². The molecule has 0 atom stereocenters. The van der Waals surface area contributed by atoms with Crippen LogP contribution in [0.15, 0.2) is 48.1 Å². The third-order valence-electron chi connectivity index (χ3n) is 5.39. The molecule has 5 rings (SSSR count). The van der Waals surface area contributed by atoms with Crippen LogP contribution in [0.3, 0.4) is 0 Å². The van der Waals surface area contributed by atoms with Crippen LogP contribution in [0.2, 0.25) is 0 Å². The van der Waals surface area contributed by atoms with Crippen molar-refractivity contribution >= 4 is 22.9 Å². The summed E-state index contributed by atoms with van der Waals surface area (Å²) in [6.07, 6.45) is 5.50. The smallest absolute Gasteiger partial charge is 0.237 e. The van der Waals surface area contributed by atoms with Crippen LogP contribution in [0.1, 0.15) is 32.3 Å². The van der Waals surface area contributed by atoms with E-state index in [1.807, 2.05) is 17.0 Å². The Bertz CT molecular complexity index is 1010. The Morgan fingerprint density at radius 2 is 1.88 bits per heavy atom.